The summed E-state index contributed by atoms with van der Waals surface area (Å²) < 4.78 is 13.0. The Balaban J connectivity index is 1.61. The van der Waals surface area contributed by atoms with E-state index in [1.54, 1.807) is 19.2 Å². The van der Waals surface area contributed by atoms with Crippen molar-refractivity contribution >= 4 is 23.5 Å². The number of pyridine rings is 1. The molecule has 2 aromatic heterocycles. The molecule has 7 nitrogen and oxygen atoms in total. The highest BCUT2D eigenvalue weighted by Crippen LogP contribution is 2.30. The van der Waals surface area contributed by atoms with Gasteiger partial charge in [-0.2, -0.15) is 0 Å². The van der Waals surface area contributed by atoms with E-state index in [1.165, 1.54) is 6.07 Å². The third-order valence-electron chi connectivity index (χ3n) is 4.96. The Morgan fingerprint density at radius 1 is 1.10 bits per heavy atom. The summed E-state index contributed by atoms with van der Waals surface area (Å²) in [6.07, 6.45) is 5.66. The van der Waals surface area contributed by atoms with Crippen molar-refractivity contribution in [3.05, 3.63) is 99.5 Å². The normalized spacial score (nSPS) is 11.2. The number of nitrogens with zero attached hydrogens (tertiary/aromatic N) is 3. The summed E-state index contributed by atoms with van der Waals surface area (Å²) in [5, 5.41) is 11.4. The van der Waals surface area contributed by atoms with Gasteiger partial charge >= 0.3 is 5.69 Å². The van der Waals surface area contributed by atoms with Gasteiger partial charge in [0.2, 0.25) is 0 Å². The Morgan fingerprint density at radius 3 is 2.65 bits per heavy atom. The maximum absolute atomic E-state index is 11.4. The molecule has 0 bridgehead atoms. The summed E-state index contributed by atoms with van der Waals surface area (Å²) >= 11 is 0. The molecule has 0 saturated carbocycles. The highest BCUT2D eigenvalue weighted by Gasteiger charge is 2.15. The Morgan fingerprint density at radius 2 is 1.90 bits per heavy atom. The van der Waals surface area contributed by atoms with Crippen molar-refractivity contribution in [3.8, 4) is 11.5 Å². The van der Waals surface area contributed by atoms with Crippen LogP contribution in [-0.4, -0.2) is 21.4 Å². The number of ether oxygens (including phenoxy) is 2. The van der Waals surface area contributed by atoms with Crippen LogP contribution >= 0.6 is 0 Å². The van der Waals surface area contributed by atoms with Crippen molar-refractivity contribution in [2.24, 2.45) is 0 Å². The van der Waals surface area contributed by atoms with E-state index in [9.17, 15) is 10.1 Å². The lowest BCUT2D eigenvalue weighted by Gasteiger charge is -2.08. The Labute approximate surface area is 179 Å². The molecule has 0 aliphatic rings. The van der Waals surface area contributed by atoms with E-state index in [-0.39, 0.29) is 18.0 Å². The predicted molar refractivity (Wildman–Crippen MR) is 119 cm³/mol. The van der Waals surface area contributed by atoms with E-state index < -0.39 is 4.92 Å². The molecule has 0 atom stereocenters. The molecular weight excluding hydrogens is 394 g/mol. The van der Waals surface area contributed by atoms with Crippen LogP contribution in [0.15, 0.2) is 66.9 Å². The number of benzene rings is 2. The highest BCUT2D eigenvalue weighted by molar-refractivity contribution is 5.72. The first-order valence-electron chi connectivity index (χ1n) is 9.71. The fourth-order valence-electron chi connectivity index (χ4n) is 3.26. The second kappa shape index (κ2) is 8.71. The van der Waals surface area contributed by atoms with E-state index in [0.29, 0.717) is 0 Å². The molecule has 156 valence electrons. The fraction of sp³-hybridized carbons (Fsp3) is 0.125. The van der Waals surface area contributed by atoms with Crippen LogP contribution in [0.25, 0.3) is 17.8 Å². The average molecular weight is 415 g/mol. The van der Waals surface area contributed by atoms with Crippen LogP contribution in [0.3, 0.4) is 0 Å². The van der Waals surface area contributed by atoms with Crippen molar-refractivity contribution < 1.29 is 14.4 Å². The number of imidazole rings is 1. The minimum atomic E-state index is -0.437. The highest BCUT2D eigenvalue weighted by atomic mass is 16.6. The molecule has 0 aliphatic heterocycles. The summed E-state index contributed by atoms with van der Waals surface area (Å²) in [4.78, 5) is 15.6. The molecule has 0 unspecified atom stereocenters. The number of fused-ring (bicyclic) bond motifs is 1. The first-order chi connectivity index (χ1) is 15.0. The van der Waals surface area contributed by atoms with E-state index in [1.807, 2.05) is 72.1 Å². The second-order valence-corrected chi connectivity index (χ2v) is 6.97. The average Bonchev–Trinajstić information content (AvgIpc) is 3.11. The first-order valence-corrected chi connectivity index (χ1v) is 9.71. The Hall–Kier alpha value is -4.13. The summed E-state index contributed by atoms with van der Waals surface area (Å²) in [5.74, 6) is 0.969. The summed E-state index contributed by atoms with van der Waals surface area (Å²) in [7, 11) is 1.62. The van der Waals surface area contributed by atoms with E-state index in [4.69, 9.17) is 9.47 Å². The molecule has 2 heterocycles. The molecule has 7 heteroatoms. The molecule has 0 spiro atoms. The molecule has 4 rings (SSSR count). The van der Waals surface area contributed by atoms with Gasteiger partial charge in [0.15, 0.2) is 5.75 Å². The Kier molecular flexibility index (Phi) is 5.66. The third kappa shape index (κ3) is 4.40. The van der Waals surface area contributed by atoms with Crippen molar-refractivity contribution in [1.29, 1.82) is 0 Å². The molecule has 0 amide bonds. The number of nitro groups is 1. The summed E-state index contributed by atoms with van der Waals surface area (Å²) in [6, 6.07) is 18.1. The molecule has 0 radical (unpaired) electrons. The van der Waals surface area contributed by atoms with Crippen LogP contribution in [-0.2, 0) is 6.61 Å². The standard InChI is InChI=1S/C24H21N3O4/c1-17-21(25-24-15-20(30-2)12-13-26(17)24)10-8-18-9-11-22(27(28)29)23(14-18)31-16-19-6-4-3-5-7-19/h3-15H,16H2,1-2H3. The minimum absolute atomic E-state index is 0.0657. The smallest absolute Gasteiger partial charge is 0.310 e. The minimum Gasteiger partial charge on any atom is -0.497 e. The largest absolute Gasteiger partial charge is 0.497 e. The van der Waals surface area contributed by atoms with Gasteiger partial charge in [0.25, 0.3) is 0 Å². The molecule has 0 saturated heterocycles. The topological polar surface area (TPSA) is 78.9 Å². The molecule has 0 fully saturated rings. The molecule has 0 aliphatic carbocycles. The van der Waals surface area contributed by atoms with Gasteiger partial charge in [-0.3, -0.25) is 10.1 Å². The number of methoxy groups -OCH3 is 1. The first kappa shape index (κ1) is 20.2. The van der Waals surface area contributed by atoms with Crippen LogP contribution in [0.2, 0.25) is 0 Å². The zero-order valence-electron chi connectivity index (χ0n) is 17.2. The number of rotatable bonds is 7. The number of aryl methyl sites for hydroxylation is 1. The van der Waals surface area contributed by atoms with Gasteiger partial charge in [-0.25, -0.2) is 4.98 Å². The second-order valence-electron chi connectivity index (χ2n) is 6.97. The number of hydrogen-bond acceptors (Lipinski definition) is 5. The van der Waals surface area contributed by atoms with E-state index in [0.717, 1.165) is 33.9 Å². The van der Waals surface area contributed by atoms with Crippen molar-refractivity contribution in [2.75, 3.05) is 7.11 Å². The molecule has 4 aromatic rings. The third-order valence-corrected chi connectivity index (χ3v) is 4.96. The van der Waals surface area contributed by atoms with Crippen LogP contribution < -0.4 is 9.47 Å². The lowest BCUT2D eigenvalue weighted by Crippen LogP contribution is -1.99. The van der Waals surface area contributed by atoms with Gasteiger partial charge in [-0.1, -0.05) is 36.4 Å². The number of nitro benzene ring substituents is 1. The quantitative estimate of drug-likeness (QED) is 0.302. The van der Waals surface area contributed by atoms with Crippen LogP contribution in [0.4, 0.5) is 5.69 Å². The molecule has 0 N–H and O–H groups in total. The van der Waals surface area contributed by atoms with E-state index in [2.05, 4.69) is 4.98 Å². The molecule has 2 aromatic carbocycles. The van der Waals surface area contributed by atoms with Crippen LogP contribution in [0.1, 0.15) is 22.5 Å². The predicted octanol–water partition coefficient (Wildman–Crippen LogP) is 5.31. The van der Waals surface area contributed by atoms with E-state index >= 15 is 0 Å². The monoisotopic (exact) mass is 415 g/mol. The molecule has 31 heavy (non-hydrogen) atoms. The van der Waals surface area contributed by atoms with Gasteiger partial charge in [0.05, 0.1) is 17.7 Å². The maximum Gasteiger partial charge on any atom is 0.310 e. The van der Waals surface area contributed by atoms with Gasteiger partial charge in [-0.15, -0.1) is 0 Å². The fourth-order valence-corrected chi connectivity index (χ4v) is 3.26. The van der Waals surface area contributed by atoms with Crippen LogP contribution in [0, 0.1) is 17.0 Å². The zero-order chi connectivity index (χ0) is 21.8. The van der Waals surface area contributed by atoms with Crippen LogP contribution in [0.5, 0.6) is 11.5 Å². The number of aromatic nitrogens is 2. The van der Waals surface area contributed by atoms with Crippen molar-refractivity contribution in [2.45, 2.75) is 13.5 Å². The van der Waals surface area contributed by atoms with Crippen molar-refractivity contribution in [3.63, 3.8) is 0 Å². The SMILES string of the molecule is COc1ccn2c(C)c(C=Cc3ccc([N+](=O)[O-])c(OCc4ccccc4)c3)nc2c1. The maximum atomic E-state index is 11.4. The van der Waals surface area contributed by atoms with Gasteiger partial charge in [-0.05, 0) is 42.3 Å². The molecular formula is C24H21N3O4. The number of hydrogen-bond donors (Lipinski definition) is 0. The van der Waals surface area contributed by atoms with Gasteiger partial charge in [0.1, 0.15) is 18.0 Å². The lowest BCUT2D eigenvalue weighted by molar-refractivity contribution is -0.385. The zero-order valence-corrected chi connectivity index (χ0v) is 17.2. The van der Waals surface area contributed by atoms with Gasteiger partial charge < -0.3 is 13.9 Å². The Bertz CT molecular complexity index is 1260. The summed E-state index contributed by atoms with van der Waals surface area (Å²) in [5.41, 5.74) is 4.22. The van der Waals surface area contributed by atoms with Crippen molar-refractivity contribution in [1.82, 2.24) is 9.38 Å². The lowest BCUT2D eigenvalue weighted by atomic mass is 10.1. The van der Waals surface area contributed by atoms with Gasteiger partial charge in [0, 0.05) is 24.0 Å². The summed E-state index contributed by atoms with van der Waals surface area (Å²) in [6.45, 7) is 2.23.